The Kier molecular flexibility index (Phi) is 3.46. The molecular weight excluding hydrogens is 252 g/mol. The van der Waals surface area contributed by atoms with Crippen molar-refractivity contribution >= 4 is 23.0 Å². The fourth-order valence-electron chi connectivity index (χ4n) is 1.56. The quantitative estimate of drug-likeness (QED) is 0.890. The lowest BCUT2D eigenvalue weighted by Crippen LogP contribution is -2.14. The third-order valence-electron chi connectivity index (χ3n) is 2.47. The second-order valence-corrected chi connectivity index (χ2v) is 4.10. The molecule has 0 saturated heterocycles. The molecule has 0 amide bonds. The van der Waals surface area contributed by atoms with Gasteiger partial charge in [-0.15, -0.1) is 0 Å². The van der Waals surface area contributed by atoms with Crippen LogP contribution in [0, 0.1) is 11.6 Å². The van der Waals surface area contributed by atoms with Crippen molar-refractivity contribution in [3.63, 3.8) is 0 Å². The van der Waals surface area contributed by atoms with Crippen LogP contribution in [-0.4, -0.2) is 24.1 Å². The minimum Gasteiger partial charge on any atom is -0.393 e. The molecule has 0 unspecified atom stereocenters. The number of anilines is 4. The maximum absolute atomic E-state index is 13.5. The summed E-state index contributed by atoms with van der Waals surface area (Å²) in [4.78, 5) is 9.62. The first-order valence-electron chi connectivity index (χ1n) is 5.49. The van der Waals surface area contributed by atoms with Gasteiger partial charge in [-0.25, -0.2) is 18.7 Å². The third-order valence-corrected chi connectivity index (χ3v) is 2.47. The second-order valence-electron chi connectivity index (χ2n) is 4.10. The minimum absolute atomic E-state index is 0.0323. The Bertz CT molecular complexity index is 601. The van der Waals surface area contributed by atoms with Crippen LogP contribution in [0.4, 0.5) is 31.8 Å². The summed E-state index contributed by atoms with van der Waals surface area (Å²) >= 11 is 0. The van der Waals surface area contributed by atoms with E-state index in [0.717, 1.165) is 18.2 Å². The summed E-state index contributed by atoms with van der Waals surface area (Å²) in [6.45, 7) is 0. The highest BCUT2D eigenvalue weighted by atomic mass is 19.1. The number of rotatable bonds is 3. The Hall–Kier alpha value is -2.44. The molecule has 0 fully saturated rings. The van der Waals surface area contributed by atoms with Crippen LogP contribution < -0.4 is 16.0 Å². The van der Waals surface area contributed by atoms with Crippen molar-refractivity contribution < 1.29 is 8.78 Å². The van der Waals surface area contributed by atoms with Crippen LogP contribution >= 0.6 is 0 Å². The van der Waals surface area contributed by atoms with Gasteiger partial charge in [-0.05, 0) is 12.1 Å². The number of nitrogens with two attached hydrogens (primary N) is 1. The molecule has 1 aromatic carbocycles. The second kappa shape index (κ2) is 5.05. The van der Waals surface area contributed by atoms with Crippen LogP contribution in [0.15, 0.2) is 24.5 Å². The topological polar surface area (TPSA) is 67.1 Å². The first-order valence-corrected chi connectivity index (χ1v) is 5.49. The Morgan fingerprint density at radius 3 is 2.63 bits per heavy atom. The van der Waals surface area contributed by atoms with E-state index in [-0.39, 0.29) is 17.2 Å². The molecule has 19 heavy (non-hydrogen) atoms. The van der Waals surface area contributed by atoms with Gasteiger partial charge in [-0.2, -0.15) is 0 Å². The fourth-order valence-corrected chi connectivity index (χ4v) is 1.56. The maximum Gasteiger partial charge on any atom is 0.159 e. The van der Waals surface area contributed by atoms with Gasteiger partial charge in [0, 0.05) is 20.2 Å². The fraction of sp³-hybridized carbons (Fsp3) is 0.167. The van der Waals surface area contributed by atoms with Crippen molar-refractivity contribution in [2.45, 2.75) is 0 Å². The van der Waals surface area contributed by atoms with E-state index in [2.05, 4.69) is 15.3 Å². The highest BCUT2D eigenvalue weighted by Gasteiger charge is 2.12. The van der Waals surface area contributed by atoms with Crippen molar-refractivity contribution in [1.29, 1.82) is 0 Å². The van der Waals surface area contributed by atoms with Crippen LogP contribution in [0.5, 0.6) is 0 Å². The summed E-state index contributed by atoms with van der Waals surface area (Å²) in [5.74, 6) is -0.423. The lowest BCUT2D eigenvalue weighted by atomic mass is 10.3. The maximum atomic E-state index is 13.5. The molecular formula is C12H13F2N5. The standard InChI is InChI=1S/C12H13F2N5/c1-19(2)12-10(15)11(16-6-17-12)18-9-5-7(13)3-4-8(9)14/h3-6H,15H2,1-2H3,(H,16,17,18). The zero-order chi connectivity index (χ0) is 14.0. The third kappa shape index (κ3) is 2.70. The van der Waals surface area contributed by atoms with Crippen molar-refractivity contribution in [2.24, 2.45) is 0 Å². The number of nitrogens with one attached hydrogen (secondary N) is 1. The van der Waals surface area contributed by atoms with Crippen molar-refractivity contribution in [3.8, 4) is 0 Å². The molecule has 0 aliphatic carbocycles. The van der Waals surface area contributed by atoms with E-state index in [1.807, 2.05) is 0 Å². The van der Waals surface area contributed by atoms with Gasteiger partial charge in [-0.1, -0.05) is 0 Å². The number of halogens is 2. The number of nitrogens with zero attached hydrogens (tertiary/aromatic N) is 3. The van der Waals surface area contributed by atoms with Crippen LogP contribution in [0.25, 0.3) is 0 Å². The molecule has 7 heteroatoms. The van der Waals surface area contributed by atoms with Gasteiger partial charge in [0.15, 0.2) is 11.6 Å². The molecule has 0 radical (unpaired) electrons. The monoisotopic (exact) mass is 265 g/mol. The number of aromatic nitrogens is 2. The number of hydrogen-bond donors (Lipinski definition) is 2. The highest BCUT2D eigenvalue weighted by molar-refractivity contribution is 5.78. The summed E-state index contributed by atoms with van der Waals surface area (Å²) < 4.78 is 26.6. The van der Waals surface area contributed by atoms with Crippen LogP contribution in [0.2, 0.25) is 0 Å². The summed E-state index contributed by atoms with van der Waals surface area (Å²) in [6, 6.07) is 3.10. The van der Waals surface area contributed by atoms with Gasteiger partial charge in [0.05, 0.1) is 5.69 Å². The summed E-state index contributed by atoms with van der Waals surface area (Å²) in [5, 5.41) is 2.66. The van der Waals surface area contributed by atoms with E-state index < -0.39 is 11.6 Å². The molecule has 0 aliphatic rings. The van der Waals surface area contributed by atoms with E-state index in [1.54, 1.807) is 19.0 Å². The van der Waals surface area contributed by atoms with Gasteiger partial charge in [-0.3, -0.25) is 0 Å². The van der Waals surface area contributed by atoms with E-state index in [4.69, 9.17) is 5.73 Å². The average molecular weight is 265 g/mol. The Morgan fingerprint density at radius 2 is 1.95 bits per heavy atom. The van der Waals surface area contributed by atoms with Gasteiger partial charge < -0.3 is 16.0 Å². The molecule has 100 valence electrons. The number of nitrogen functional groups attached to an aromatic ring is 1. The predicted molar refractivity (Wildman–Crippen MR) is 70.4 cm³/mol. The van der Waals surface area contributed by atoms with Gasteiger partial charge >= 0.3 is 0 Å². The average Bonchev–Trinajstić information content (AvgIpc) is 2.36. The molecule has 5 nitrogen and oxygen atoms in total. The van der Waals surface area contributed by atoms with Crippen molar-refractivity contribution in [3.05, 3.63) is 36.2 Å². The summed E-state index contributed by atoms with van der Waals surface area (Å²) in [6.07, 6.45) is 1.30. The van der Waals surface area contributed by atoms with E-state index in [1.165, 1.54) is 6.33 Å². The molecule has 0 aliphatic heterocycles. The Morgan fingerprint density at radius 1 is 1.21 bits per heavy atom. The smallest absolute Gasteiger partial charge is 0.159 e. The Labute approximate surface area is 109 Å². The molecule has 0 bridgehead atoms. The van der Waals surface area contributed by atoms with Crippen LogP contribution in [-0.2, 0) is 0 Å². The van der Waals surface area contributed by atoms with E-state index in [0.29, 0.717) is 5.82 Å². The lowest BCUT2D eigenvalue weighted by molar-refractivity contribution is 0.603. The Balaban J connectivity index is 2.38. The molecule has 0 atom stereocenters. The van der Waals surface area contributed by atoms with Crippen molar-refractivity contribution in [1.82, 2.24) is 9.97 Å². The van der Waals surface area contributed by atoms with E-state index >= 15 is 0 Å². The molecule has 1 heterocycles. The molecule has 1 aromatic heterocycles. The predicted octanol–water partition coefficient (Wildman–Crippen LogP) is 2.15. The largest absolute Gasteiger partial charge is 0.393 e. The molecule has 3 N–H and O–H groups in total. The van der Waals surface area contributed by atoms with Gasteiger partial charge in [0.1, 0.15) is 23.6 Å². The molecule has 0 saturated carbocycles. The normalized spacial score (nSPS) is 10.3. The number of benzene rings is 1. The first-order chi connectivity index (χ1) is 8.99. The molecule has 2 aromatic rings. The molecule has 0 spiro atoms. The van der Waals surface area contributed by atoms with E-state index in [9.17, 15) is 8.78 Å². The highest BCUT2D eigenvalue weighted by Crippen LogP contribution is 2.28. The first kappa shape index (κ1) is 13.0. The van der Waals surface area contributed by atoms with Crippen LogP contribution in [0.1, 0.15) is 0 Å². The summed E-state index contributed by atoms with van der Waals surface area (Å²) in [5.41, 5.74) is 6.10. The zero-order valence-electron chi connectivity index (χ0n) is 10.5. The summed E-state index contributed by atoms with van der Waals surface area (Å²) in [7, 11) is 3.54. The lowest BCUT2D eigenvalue weighted by Gasteiger charge is -2.16. The molecule has 2 rings (SSSR count). The van der Waals surface area contributed by atoms with Crippen LogP contribution in [0.3, 0.4) is 0 Å². The number of hydrogen-bond acceptors (Lipinski definition) is 5. The zero-order valence-corrected chi connectivity index (χ0v) is 10.5. The van der Waals surface area contributed by atoms with Gasteiger partial charge in [0.25, 0.3) is 0 Å². The minimum atomic E-state index is -0.592. The van der Waals surface area contributed by atoms with Crippen molar-refractivity contribution in [2.75, 3.05) is 30.0 Å². The van der Waals surface area contributed by atoms with Gasteiger partial charge in [0.2, 0.25) is 0 Å². The SMILES string of the molecule is CN(C)c1ncnc(Nc2cc(F)ccc2F)c1N.